The number of amidine groups is 1. The zero-order valence-corrected chi connectivity index (χ0v) is 26.9. The molecule has 2 aromatic heterocycles. The number of ether oxygens (including phenoxy) is 1. The number of aromatic nitrogens is 1. The lowest BCUT2D eigenvalue weighted by atomic mass is 10.1. The number of carbonyl (C=O) groups is 2. The van der Waals surface area contributed by atoms with E-state index in [-0.39, 0.29) is 11.5 Å². The summed E-state index contributed by atoms with van der Waals surface area (Å²) in [5.74, 6) is 0.994. The van der Waals surface area contributed by atoms with Gasteiger partial charge < -0.3 is 19.4 Å². The Kier molecular flexibility index (Phi) is 8.88. The first-order chi connectivity index (χ1) is 22.5. The topological polar surface area (TPSA) is 159 Å². The summed E-state index contributed by atoms with van der Waals surface area (Å²) in [5, 5.41) is 12.4. The van der Waals surface area contributed by atoms with Gasteiger partial charge in [0.15, 0.2) is 11.5 Å². The van der Waals surface area contributed by atoms with E-state index in [1.807, 2.05) is 41.3 Å². The molecule has 47 heavy (non-hydrogen) atoms. The number of nitrogens with zero attached hydrogens (tertiary/aromatic N) is 3. The normalized spacial score (nSPS) is 13.8. The Balaban J connectivity index is 1.03. The van der Waals surface area contributed by atoms with E-state index in [2.05, 4.69) is 15.2 Å². The fraction of sp³-hybridized carbons (Fsp3) is 0.200. The van der Waals surface area contributed by atoms with E-state index >= 15 is 0 Å². The smallest absolute Gasteiger partial charge is 0.291 e. The van der Waals surface area contributed by atoms with Gasteiger partial charge in [0, 0.05) is 66.5 Å². The van der Waals surface area contributed by atoms with Crippen molar-refractivity contribution in [3.63, 3.8) is 0 Å². The highest BCUT2D eigenvalue weighted by Gasteiger charge is 2.21. The zero-order chi connectivity index (χ0) is 33.1. The number of furan rings is 1. The SMILES string of the molecule is CC(=O)c1ccc(Oc2ccc(NC(=O)c3cc4ccc(C(=N)N5CCN(Cc6ccc(S(C)(=N)=N)cc6)CC5)cc4o3)cn2)cc1. The Morgan fingerprint density at radius 1 is 0.915 bits per heavy atom. The van der Waals surface area contributed by atoms with E-state index in [1.54, 1.807) is 54.8 Å². The second-order valence-electron chi connectivity index (χ2n) is 11.6. The van der Waals surface area contributed by atoms with Crippen LogP contribution in [0.2, 0.25) is 0 Å². The molecular weight excluding hydrogens is 614 g/mol. The summed E-state index contributed by atoms with van der Waals surface area (Å²) >= 11 is 0. The number of carbonyl (C=O) groups excluding carboxylic acids is 2. The van der Waals surface area contributed by atoms with Crippen LogP contribution in [-0.2, 0) is 16.2 Å². The van der Waals surface area contributed by atoms with E-state index in [1.165, 1.54) is 13.1 Å². The Morgan fingerprint density at radius 3 is 2.26 bits per heavy atom. The van der Waals surface area contributed by atoms with Gasteiger partial charge in [0.1, 0.15) is 17.2 Å². The standard InChI is InChI=1S/C35H35N7O4S/c1-23(43)25-7-10-29(11-8-25)45-33-14-9-28(21-39-33)40-35(44)32-19-26-5-6-27(20-31(26)46-32)34(36)42-17-15-41(16-18-42)22-24-3-12-30(13-4-24)47(2,37)38/h3-14,19-21,36-38H,15-18,22H2,1-2H3,(H,40,44). The number of Topliss-reactive ketones (excluding diaryl/α,β-unsaturated/α-hetero) is 1. The molecule has 1 fully saturated rings. The van der Waals surface area contributed by atoms with Crippen LogP contribution in [0, 0.1) is 15.0 Å². The minimum Gasteiger partial charge on any atom is -0.451 e. The van der Waals surface area contributed by atoms with Crippen molar-refractivity contribution in [3.8, 4) is 11.6 Å². The second-order valence-corrected chi connectivity index (χ2v) is 13.9. The second kappa shape index (κ2) is 13.2. The van der Waals surface area contributed by atoms with Gasteiger partial charge in [0.05, 0.1) is 11.9 Å². The average Bonchev–Trinajstić information content (AvgIpc) is 3.50. The first kappa shape index (κ1) is 31.6. The fourth-order valence-corrected chi connectivity index (χ4v) is 5.99. The number of amides is 1. The maximum atomic E-state index is 13.0. The Labute approximate surface area is 273 Å². The van der Waals surface area contributed by atoms with Crippen molar-refractivity contribution in [2.45, 2.75) is 18.4 Å². The summed E-state index contributed by atoms with van der Waals surface area (Å²) in [6, 6.07) is 25.1. The molecule has 0 radical (unpaired) electrons. The van der Waals surface area contributed by atoms with E-state index in [0.29, 0.717) is 47.4 Å². The number of hydrogen-bond donors (Lipinski definition) is 4. The minimum absolute atomic E-state index is 0.0226. The average molecular weight is 650 g/mol. The summed E-state index contributed by atoms with van der Waals surface area (Å²) in [4.78, 5) is 33.8. The maximum Gasteiger partial charge on any atom is 0.291 e. The Bertz CT molecular complexity index is 2050. The molecule has 6 rings (SSSR count). The van der Waals surface area contributed by atoms with Gasteiger partial charge in [-0.1, -0.05) is 24.3 Å². The van der Waals surface area contributed by atoms with Crippen LogP contribution in [-0.4, -0.2) is 64.7 Å². The van der Waals surface area contributed by atoms with Gasteiger partial charge in [0.25, 0.3) is 5.91 Å². The molecule has 1 saturated heterocycles. The molecule has 3 heterocycles. The van der Waals surface area contributed by atoms with Gasteiger partial charge in [-0.15, -0.1) is 0 Å². The number of nitrogens with one attached hydrogen (secondary N) is 4. The molecule has 0 unspecified atom stereocenters. The molecule has 1 aliphatic rings. The lowest BCUT2D eigenvalue weighted by Gasteiger charge is -2.36. The molecule has 11 nitrogen and oxygen atoms in total. The van der Waals surface area contributed by atoms with Crippen LogP contribution in [0.15, 0.2) is 100 Å². The first-order valence-electron chi connectivity index (χ1n) is 15.0. The van der Waals surface area contributed by atoms with Gasteiger partial charge >= 0.3 is 0 Å². The molecule has 0 saturated carbocycles. The summed E-state index contributed by atoms with van der Waals surface area (Å²) < 4.78 is 27.5. The number of fused-ring (bicyclic) bond motifs is 1. The first-order valence-corrected chi connectivity index (χ1v) is 17.1. The third kappa shape index (κ3) is 7.56. The number of anilines is 1. The fourth-order valence-electron chi connectivity index (χ4n) is 5.31. The van der Waals surface area contributed by atoms with Gasteiger partial charge in [-0.2, -0.15) is 0 Å². The van der Waals surface area contributed by atoms with E-state index in [4.69, 9.17) is 24.1 Å². The highest BCUT2D eigenvalue weighted by atomic mass is 32.2. The van der Waals surface area contributed by atoms with Gasteiger partial charge in [0.2, 0.25) is 5.88 Å². The Hall–Kier alpha value is -5.33. The van der Waals surface area contributed by atoms with Crippen molar-refractivity contribution < 1.29 is 18.7 Å². The predicted molar refractivity (Wildman–Crippen MR) is 182 cm³/mol. The summed E-state index contributed by atoms with van der Waals surface area (Å²) in [5.41, 5.74) is 3.46. The molecule has 0 spiro atoms. The van der Waals surface area contributed by atoms with Gasteiger partial charge in [-0.25, -0.2) is 4.98 Å². The molecule has 0 aliphatic carbocycles. The van der Waals surface area contributed by atoms with Crippen LogP contribution in [0.4, 0.5) is 5.69 Å². The van der Waals surface area contributed by atoms with Crippen molar-refractivity contribution in [1.29, 1.82) is 15.0 Å². The molecule has 0 bridgehead atoms. The van der Waals surface area contributed by atoms with Crippen LogP contribution < -0.4 is 10.1 Å². The number of benzene rings is 3. The molecule has 1 amide bonds. The maximum absolute atomic E-state index is 13.0. The number of ketones is 1. The van der Waals surface area contributed by atoms with Crippen LogP contribution in [0.5, 0.6) is 11.6 Å². The van der Waals surface area contributed by atoms with E-state index in [0.717, 1.165) is 41.0 Å². The molecule has 12 heteroatoms. The van der Waals surface area contributed by atoms with E-state index < -0.39 is 15.5 Å². The largest absolute Gasteiger partial charge is 0.451 e. The molecule has 4 N–H and O–H groups in total. The monoisotopic (exact) mass is 649 g/mol. The van der Waals surface area contributed by atoms with Crippen molar-refractivity contribution in [3.05, 3.63) is 114 Å². The quantitative estimate of drug-likeness (QED) is 0.0769. The molecule has 3 aromatic carbocycles. The molecule has 0 atom stereocenters. The molecule has 1 aliphatic heterocycles. The minimum atomic E-state index is -2.22. The van der Waals surface area contributed by atoms with Gasteiger partial charge in [-0.3, -0.25) is 29.5 Å². The van der Waals surface area contributed by atoms with Crippen molar-refractivity contribution in [1.82, 2.24) is 14.8 Å². The predicted octanol–water partition coefficient (Wildman–Crippen LogP) is 6.89. The Morgan fingerprint density at radius 2 is 1.62 bits per heavy atom. The number of pyridine rings is 1. The molecular formula is C35H35N7O4S. The highest BCUT2D eigenvalue weighted by Crippen LogP contribution is 2.25. The number of hydrogen-bond acceptors (Lipinski definition) is 9. The van der Waals surface area contributed by atoms with Crippen molar-refractivity contribution in [2.75, 3.05) is 37.8 Å². The highest BCUT2D eigenvalue weighted by molar-refractivity contribution is 7.92. The number of rotatable bonds is 9. The lowest BCUT2D eigenvalue weighted by Crippen LogP contribution is -2.48. The van der Waals surface area contributed by atoms with Crippen LogP contribution in [0.25, 0.3) is 11.0 Å². The summed E-state index contributed by atoms with van der Waals surface area (Å²) in [6.07, 6.45) is 3.13. The van der Waals surface area contributed by atoms with Crippen LogP contribution in [0.3, 0.4) is 0 Å². The molecule has 5 aromatic rings. The lowest BCUT2D eigenvalue weighted by molar-refractivity contribution is 0.0995. The summed E-state index contributed by atoms with van der Waals surface area (Å²) in [7, 11) is -2.22. The zero-order valence-electron chi connectivity index (χ0n) is 26.1. The van der Waals surface area contributed by atoms with E-state index in [9.17, 15) is 9.59 Å². The van der Waals surface area contributed by atoms with Crippen LogP contribution in [0.1, 0.15) is 39.0 Å². The van der Waals surface area contributed by atoms with Crippen molar-refractivity contribution in [2.24, 2.45) is 0 Å². The third-order valence-electron chi connectivity index (χ3n) is 7.98. The third-order valence-corrected chi connectivity index (χ3v) is 9.20. The van der Waals surface area contributed by atoms with Crippen LogP contribution >= 0.6 is 0 Å². The van der Waals surface area contributed by atoms with Crippen molar-refractivity contribution >= 4 is 43.8 Å². The molecule has 240 valence electrons. The van der Waals surface area contributed by atoms with Gasteiger partial charge in [-0.05, 0) is 76.7 Å². The number of piperazine rings is 1. The summed E-state index contributed by atoms with van der Waals surface area (Å²) in [6.45, 7) is 5.35.